The van der Waals surface area contributed by atoms with Gasteiger partial charge < -0.3 is 9.41 Å². The van der Waals surface area contributed by atoms with Crippen LogP contribution in [0.3, 0.4) is 0 Å². The second kappa shape index (κ2) is 6.14. The van der Waals surface area contributed by atoms with E-state index in [9.17, 15) is 13.2 Å². The number of rotatable bonds is 3. The van der Waals surface area contributed by atoms with Crippen LogP contribution in [-0.4, -0.2) is 13.3 Å². The van der Waals surface area contributed by atoms with Crippen molar-refractivity contribution in [3.05, 3.63) is 40.9 Å². The summed E-state index contributed by atoms with van der Waals surface area (Å²) < 4.78 is 46.0. The van der Waals surface area contributed by atoms with Crippen molar-refractivity contribution in [1.29, 1.82) is 0 Å². The molecule has 0 atom stereocenters. The van der Waals surface area contributed by atoms with Crippen molar-refractivity contribution in [2.75, 3.05) is 0 Å². The highest BCUT2D eigenvalue weighted by molar-refractivity contribution is 6.74. The van der Waals surface area contributed by atoms with Gasteiger partial charge in [0.1, 0.15) is 0 Å². The molecule has 0 aliphatic heterocycles. The smallest absolute Gasteiger partial charge is 0.406 e. The summed E-state index contributed by atoms with van der Waals surface area (Å²) in [5.41, 5.74) is -0.937. The number of alkyl halides is 3. The van der Waals surface area contributed by atoms with Gasteiger partial charge >= 0.3 is 6.18 Å². The largest absolute Gasteiger partial charge is 0.407 e. The Balaban J connectivity index is 2.53. The third-order valence-corrected chi connectivity index (χ3v) is 9.76. The zero-order valence-electron chi connectivity index (χ0n) is 16.2. The van der Waals surface area contributed by atoms with E-state index in [1.807, 2.05) is 13.8 Å². The molecule has 2 aromatic rings. The van der Waals surface area contributed by atoms with Crippen LogP contribution in [0.25, 0.3) is 15.7 Å². The summed E-state index contributed by atoms with van der Waals surface area (Å²) in [5, 5.41) is 0.586. The van der Waals surface area contributed by atoms with Crippen LogP contribution in [-0.2, 0) is 16.2 Å². The average Bonchev–Trinajstić information content (AvgIpc) is 2.86. The molecule has 0 saturated carbocycles. The maximum atomic E-state index is 13.2. The lowest BCUT2D eigenvalue weighted by Gasteiger charge is -2.42. The van der Waals surface area contributed by atoms with Crippen LogP contribution in [0.5, 0.6) is 0 Å². The SMILES string of the molecule is [C-]#[N+]c1cc2cc(C(C)(C)O[Si](C)(C)C(C)(C)C)[nH]c2cc1C(F)(F)F. The fraction of sp³-hybridized carbons (Fsp3) is 0.526. The molecule has 0 spiro atoms. The third-order valence-electron chi connectivity index (χ3n) is 5.13. The first kappa shape index (κ1) is 20.5. The minimum atomic E-state index is -4.56. The number of hydrogen-bond donors (Lipinski definition) is 1. The van der Waals surface area contributed by atoms with Crippen molar-refractivity contribution < 1.29 is 17.6 Å². The molecular formula is C19H25F3N2OSi. The van der Waals surface area contributed by atoms with Crippen molar-refractivity contribution in [1.82, 2.24) is 4.98 Å². The standard InChI is InChI=1S/C19H25F3N2OSi/c1-17(2,3)26(7,8)25-18(4,5)16-10-12-9-15(23-6)13(19(20,21)22)11-14(12)24-16/h9-11,24H,1-5,7-8H3. The molecule has 0 unspecified atom stereocenters. The van der Waals surface area contributed by atoms with Crippen LogP contribution in [0.1, 0.15) is 45.9 Å². The molecule has 0 amide bonds. The van der Waals surface area contributed by atoms with Gasteiger partial charge in [0.05, 0.1) is 17.7 Å². The minimum absolute atomic E-state index is 0.0109. The summed E-state index contributed by atoms with van der Waals surface area (Å²) in [6, 6.07) is 4.07. The third kappa shape index (κ3) is 3.81. The molecular weight excluding hydrogens is 357 g/mol. The van der Waals surface area contributed by atoms with Gasteiger partial charge in [-0.05, 0) is 55.6 Å². The zero-order valence-corrected chi connectivity index (χ0v) is 17.2. The monoisotopic (exact) mass is 382 g/mol. The number of fused-ring (bicyclic) bond motifs is 1. The molecule has 7 heteroatoms. The Morgan fingerprint density at radius 2 is 1.62 bits per heavy atom. The molecule has 26 heavy (non-hydrogen) atoms. The molecule has 0 aliphatic carbocycles. The fourth-order valence-electron chi connectivity index (χ4n) is 2.66. The number of hydrogen-bond acceptors (Lipinski definition) is 1. The van der Waals surface area contributed by atoms with Gasteiger partial charge in [0.2, 0.25) is 0 Å². The van der Waals surface area contributed by atoms with E-state index in [4.69, 9.17) is 11.0 Å². The van der Waals surface area contributed by atoms with E-state index in [0.29, 0.717) is 16.6 Å². The van der Waals surface area contributed by atoms with Gasteiger partial charge in [0, 0.05) is 11.2 Å². The predicted molar refractivity (Wildman–Crippen MR) is 101 cm³/mol. The van der Waals surface area contributed by atoms with Gasteiger partial charge in [0.15, 0.2) is 14.0 Å². The van der Waals surface area contributed by atoms with Crippen molar-refractivity contribution in [2.45, 2.75) is 64.5 Å². The molecule has 1 aromatic carbocycles. The number of H-pyrrole nitrogens is 1. The number of halogens is 3. The molecule has 1 heterocycles. The summed E-state index contributed by atoms with van der Waals surface area (Å²) in [7, 11) is -2.08. The van der Waals surface area contributed by atoms with E-state index < -0.39 is 31.3 Å². The molecule has 0 fully saturated rings. The van der Waals surface area contributed by atoms with E-state index in [1.54, 1.807) is 6.07 Å². The first-order valence-corrected chi connectivity index (χ1v) is 11.3. The quantitative estimate of drug-likeness (QED) is 0.450. The molecule has 2 rings (SSSR count). The summed E-state index contributed by atoms with van der Waals surface area (Å²) in [4.78, 5) is 6.11. The highest BCUT2D eigenvalue weighted by Crippen LogP contribution is 2.43. The van der Waals surface area contributed by atoms with Crippen molar-refractivity contribution in [2.24, 2.45) is 0 Å². The molecule has 0 bridgehead atoms. The lowest BCUT2D eigenvalue weighted by molar-refractivity contribution is -0.136. The lowest BCUT2D eigenvalue weighted by atomic mass is 10.1. The van der Waals surface area contributed by atoms with Crippen LogP contribution >= 0.6 is 0 Å². The highest BCUT2D eigenvalue weighted by Gasteiger charge is 2.42. The van der Waals surface area contributed by atoms with Crippen molar-refractivity contribution >= 4 is 24.9 Å². The van der Waals surface area contributed by atoms with Crippen LogP contribution in [0, 0.1) is 6.57 Å². The summed E-state index contributed by atoms with van der Waals surface area (Å²) in [6.07, 6.45) is -4.56. The minimum Gasteiger partial charge on any atom is -0.406 e. The second-order valence-corrected chi connectivity index (χ2v) is 13.3. The summed E-state index contributed by atoms with van der Waals surface area (Å²) in [6.45, 7) is 21.6. The molecule has 142 valence electrons. The first-order valence-electron chi connectivity index (χ1n) is 8.40. The van der Waals surface area contributed by atoms with E-state index in [-0.39, 0.29) is 5.04 Å². The van der Waals surface area contributed by atoms with Gasteiger partial charge in [-0.2, -0.15) is 13.2 Å². The van der Waals surface area contributed by atoms with Crippen LogP contribution in [0.15, 0.2) is 18.2 Å². The molecule has 3 nitrogen and oxygen atoms in total. The molecule has 1 aromatic heterocycles. The molecule has 1 N–H and O–H groups in total. The van der Waals surface area contributed by atoms with Gasteiger partial charge in [-0.1, -0.05) is 20.8 Å². The normalized spacial score (nSPS) is 13.9. The van der Waals surface area contributed by atoms with Crippen LogP contribution in [0.2, 0.25) is 18.1 Å². The van der Waals surface area contributed by atoms with Crippen LogP contribution < -0.4 is 0 Å². The number of nitrogens with zero attached hydrogens (tertiary/aromatic N) is 1. The van der Waals surface area contributed by atoms with Crippen molar-refractivity contribution in [3.8, 4) is 0 Å². The predicted octanol–water partition coefficient (Wildman–Crippen LogP) is 6.99. The van der Waals surface area contributed by atoms with Crippen molar-refractivity contribution in [3.63, 3.8) is 0 Å². The van der Waals surface area contributed by atoms with Gasteiger partial charge in [-0.25, -0.2) is 4.85 Å². The van der Waals surface area contributed by atoms with Gasteiger partial charge in [-0.3, -0.25) is 0 Å². The average molecular weight is 383 g/mol. The first-order chi connectivity index (χ1) is 11.6. The Morgan fingerprint density at radius 1 is 1.04 bits per heavy atom. The Bertz CT molecular complexity index is 868. The fourth-order valence-corrected chi connectivity index (χ4v) is 4.35. The Kier molecular flexibility index (Phi) is 4.84. The van der Waals surface area contributed by atoms with E-state index in [0.717, 1.165) is 6.07 Å². The van der Waals surface area contributed by atoms with E-state index >= 15 is 0 Å². The van der Waals surface area contributed by atoms with E-state index in [1.165, 1.54) is 6.07 Å². The zero-order chi connectivity index (χ0) is 20.1. The van der Waals surface area contributed by atoms with Gasteiger partial charge in [0.25, 0.3) is 0 Å². The number of aromatic nitrogens is 1. The second-order valence-electron chi connectivity index (χ2n) is 8.62. The Hall–Kier alpha value is -1.78. The summed E-state index contributed by atoms with van der Waals surface area (Å²) in [5.74, 6) is 0. The topological polar surface area (TPSA) is 29.4 Å². The Labute approximate surface area is 153 Å². The molecule has 0 saturated heterocycles. The van der Waals surface area contributed by atoms with Gasteiger partial charge in [-0.15, -0.1) is 0 Å². The lowest BCUT2D eigenvalue weighted by Crippen LogP contribution is -2.46. The highest BCUT2D eigenvalue weighted by atomic mass is 28.4. The number of benzene rings is 1. The van der Waals surface area contributed by atoms with Crippen LogP contribution in [0.4, 0.5) is 18.9 Å². The molecule has 0 aliphatic rings. The number of nitrogens with one attached hydrogen (secondary N) is 1. The maximum Gasteiger partial charge on any atom is 0.407 e. The summed E-state index contributed by atoms with van der Waals surface area (Å²) >= 11 is 0. The Morgan fingerprint density at radius 3 is 2.08 bits per heavy atom. The molecule has 0 radical (unpaired) electrons. The van der Waals surface area contributed by atoms with E-state index in [2.05, 4.69) is 43.7 Å². The number of aromatic amines is 1. The maximum absolute atomic E-state index is 13.2.